The van der Waals surface area contributed by atoms with Crippen LogP contribution in [0, 0.1) is 17.0 Å². The Kier molecular flexibility index (Phi) is 11.3. The number of nitro groups is 1. The largest absolute Gasteiger partial charge is 0.497 e. The number of benzene rings is 3. The summed E-state index contributed by atoms with van der Waals surface area (Å²) in [6.07, 6.45) is 0.675. The molecule has 0 heterocycles. The predicted octanol–water partition coefficient (Wildman–Crippen LogP) is 4.45. The quantitative estimate of drug-likeness (QED) is 0.204. The first-order valence-corrected chi connectivity index (χ1v) is 15.4. The summed E-state index contributed by atoms with van der Waals surface area (Å²) in [5, 5.41) is 14.5. The first-order chi connectivity index (χ1) is 20.8. The third kappa shape index (κ3) is 8.04. The SMILES string of the molecule is CC[C@@H](C)NC(=O)[C@@H](C)N(Cc1cccc(OC)c1)C(=O)CN(c1ccc(OC)cc1)S(=O)(=O)c1ccc(C)c([N+](=O)[O-])c1. The second-order valence-electron chi connectivity index (χ2n) is 10.3. The van der Waals surface area contributed by atoms with Crippen molar-refractivity contribution in [1.82, 2.24) is 10.2 Å². The molecule has 236 valence electrons. The van der Waals surface area contributed by atoms with Crippen molar-refractivity contribution in [2.24, 2.45) is 0 Å². The van der Waals surface area contributed by atoms with Crippen molar-refractivity contribution < 1.29 is 32.4 Å². The summed E-state index contributed by atoms with van der Waals surface area (Å²) in [5.74, 6) is -0.0577. The smallest absolute Gasteiger partial charge is 0.273 e. The Morgan fingerprint density at radius 1 is 0.977 bits per heavy atom. The topological polar surface area (TPSA) is 148 Å². The molecule has 44 heavy (non-hydrogen) atoms. The van der Waals surface area contributed by atoms with Crippen LogP contribution in [0.1, 0.15) is 38.3 Å². The first-order valence-electron chi connectivity index (χ1n) is 14.0. The van der Waals surface area contributed by atoms with Crippen LogP contribution in [0.25, 0.3) is 0 Å². The van der Waals surface area contributed by atoms with Gasteiger partial charge in [-0.3, -0.25) is 24.0 Å². The van der Waals surface area contributed by atoms with Crippen LogP contribution in [0.2, 0.25) is 0 Å². The Morgan fingerprint density at radius 2 is 1.64 bits per heavy atom. The van der Waals surface area contributed by atoms with Gasteiger partial charge in [-0.25, -0.2) is 8.42 Å². The maximum Gasteiger partial charge on any atom is 0.273 e. The van der Waals surface area contributed by atoms with Gasteiger partial charge in [0.05, 0.1) is 29.7 Å². The highest BCUT2D eigenvalue weighted by molar-refractivity contribution is 7.92. The molecule has 0 unspecified atom stereocenters. The highest BCUT2D eigenvalue weighted by Gasteiger charge is 2.33. The lowest BCUT2D eigenvalue weighted by atomic mass is 10.1. The minimum Gasteiger partial charge on any atom is -0.497 e. The fourth-order valence-corrected chi connectivity index (χ4v) is 5.80. The molecular weight excluding hydrogens is 588 g/mol. The standard InChI is InChI=1S/C31H38N4O8S/c1-7-22(3)32-31(37)23(4)33(19-24-9-8-10-27(17-24)43-6)30(36)20-34(25-12-14-26(42-5)15-13-25)44(40,41)28-16-11-21(2)29(18-28)35(38)39/h8-18,22-23H,7,19-20H2,1-6H3,(H,32,37)/t22-,23-/m1/s1. The van der Waals surface area contributed by atoms with Crippen molar-refractivity contribution >= 4 is 33.2 Å². The lowest BCUT2D eigenvalue weighted by molar-refractivity contribution is -0.385. The number of aryl methyl sites for hydroxylation is 1. The van der Waals surface area contributed by atoms with E-state index in [-0.39, 0.29) is 34.4 Å². The van der Waals surface area contributed by atoms with Gasteiger partial charge in [0.2, 0.25) is 11.8 Å². The molecule has 0 aromatic heterocycles. The van der Waals surface area contributed by atoms with E-state index < -0.39 is 39.3 Å². The minimum absolute atomic E-state index is 0.0162. The van der Waals surface area contributed by atoms with E-state index in [1.54, 1.807) is 31.2 Å². The highest BCUT2D eigenvalue weighted by Crippen LogP contribution is 2.29. The van der Waals surface area contributed by atoms with Crippen LogP contribution in [0.4, 0.5) is 11.4 Å². The van der Waals surface area contributed by atoms with Crippen molar-refractivity contribution in [3.63, 3.8) is 0 Å². The molecule has 0 saturated carbocycles. The summed E-state index contributed by atoms with van der Waals surface area (Å²) in [6, 6.07) is 15.5. The van der Waals surface area contributed by atoms with Crippen molar-refractivity contribution in [3.8, 4) is 11.5 Å². The third-order valence-electron chi connectivity index (χ3n) is 7.26. The summed E-state index contributed by atoms with van der Waals surface area (Å²) in [6.45, 7) is 6.13. The number of nitrogens with zero attached hydrogens (tertiary/aromatic N) is 3. The Labute approximate surface area is 257 Å². The molecule has 2 atom stereocenters. The van der Waals surface area contributed by atoms with Gasteiger partial charge in [0.15, 0.2) is 0 Å². The molecule has 0 aliphatic carbocycles. The van der Waals surface area contributed by atoms with Gasteiger partial charge in [-0.2, -0.15) is 0 Å². The van der Waals surface area contributed by atoms with Gasteiger partial charge < -0.3 is 19.7 Å². The van der Waals surface area contributed by atoms with E-state index in [1.165, 1.54) is 62.4 Å². The lowest BCUT2D eigenvalue weighted by Gasteiger charge is -2.32. The molecular formula is C31H38N4O8S. The van der Waals surface area contributed by atoms with Gasteiger partial charge in [-0.15, -0.1) is 0 Å². The molecule has 1 N–H and O–H groups in total. The van der Waals surface area contributed by atoms with E-state index in [1.807, 2.05) is 13.8 Å². The van der Waals surface area contributed by atoms with Gasteiger partial charge in [0.1, 0.15) is 24.1 Å². The molecule has 12 nitrogen and oxygen atoms in total. The molecule has 0 bridgehead atoms. The second kappa shape index (κ2) is 14.7. The normalized spacial score (nSPS) is 12.5. The van der Waals surface area contributed by atoms with Gasteiger partial charge in [-0.1, -0.05) is 25.1 Å². The van der Waals surface area contributed by atoms with E-state index >= 15 is 0 Å². The summed E-state index contributed by atoms with van der Waals surface area (Å²) in [4.78, 5) is 39.2. The number of hydrogen-bond donors (Lipinski definition) is 1. The molecule has 3 aromatic carbocycles. The van der Waals surface area contributed by atoms with Crippen LogP contribution >= 0.6 is 0 Å². The molecule has 0 radical (unpaired) electrons. The fraction of sp³-hybridized carbons (Fsp3) is 0.355. The van der Waals surface area contributed by atoms with E-state index in [0.29, 0.717) is 23.5 Å². The highest BCUT2D eigenvalue weighted by atomic mass is 32.2. The Morgan fingerprint density at radius 3 is 2.23 bits per heavy atom. The molecule has 2 amide bonds. The van der Waals surface area contributed by atoms with E-state index in [9.17, 15) is 28.1 Å². The van der Waals surface area contributed by atoms with Crippen molar-refractivity contribution in [1.29, 1.82) is 0 Å². The summed E-state index contributed by atoms with van der Waals surface area (Å²) < 4.78 is 39.5. The predicted molar refractivity (Wildman–Crippen MR) is 166 cm³/mol. The molecule has 0 spiro atoms. The van der Waals surface area contributed by atoms with Gasteiger partial charge in [0.25, 0.3) is 15.7 Å². The molecule has 0 fully saturated rings. The molecule has 0 aliphatic heterocycles. The van der Waals surface area contributed by atoms with Gasteiger partial charge in [0, 0.05) is 24.2 Å². The number of hydrogen-bond acceptors (Lipinski definition) is 8. The zero-order chi connectivity index (χ0) is 32.6. The van der Waals surface area contributed by atoms with Crippen molar-refractivity contribution in [2.75, 3.05) is 25.1 Å². The van der Waals surface area contributed by atoms with Crippen LogP contribution in [0.5, 0.6) is 11.5 Å². The Balaban J connectivity index is 2.10. The maximum absolute atomic E-state index is 14.1. The fourth-order valence-electron chi connectivity index (χ4n) is 4.37. The zero-order valence-electron chi connectivity index (χ0n) is 25.6. The van der Waals surface area contributed by atoms with Gasteiger partial charge in [-0.05, 0) is 75.2 Å². The number of sulfonamides is 1. The maximum atomic E-state index is 14.1. The second-order valence-corrected chi connectivity index (χ2v) is 12.1. The number of carbonyl (C=O) groups excluding carboxylic acids is 2. The summed E-state index contributed by atoms with van der Waals surface area (Å²) in [5.41, 5.74) is 0.697. The van der Waals surface area contributed by atoms with Crippen LogP contribution in [0.15, 0.2) is 71.6 Å². The number of nitrogens with one attached hydrogen (secondary N) is 1. The zero-order valence-corrected chi connectivity index (χ0v) is 26.5. The number of carbonyl (C=O) groups is 2. The van der Waals surface area contributed by atoms with Crippen LogP contribution < -0.4 is 19.1 Å². The van der Waals surface area contributed by atoms with Crippen LogP contribution in [-0.2, 0) is 26.2 Å². The molecule has 0 saturated heterocycles. The van der Waals surface area contributed by atoms with Crippen LogP contribution in [0.3, 0.4) is 0 Å². The van der Waals surface area contributed by atoms with E-state index in [2.05, 4.69) is 5.32 Å². The van der Waals surface area contributed by atoms with Gasteiger partial charge >= 0.3 is 0 Å². The summed E-state index contributed by atoms with van der Waals surface area (Å²) >= 11 is 0. The molecule has 13 heteroatoms. The molecule has 3 rings (SSSR count). The van der Waals surface area contributed by atoms with Crippen molar-refractivity contribution in [3.05, 3.63) is 88.0 Å². The van der Waals surface area contributed by atoms with E-state index in [0.717, 1.165) is 10.4 Å². The van der Waals surface area contributed by atoms with E-state index in [4.69, 9.17) is 9.47 Å². The minimum atomic E-state index is -4.51. The Hall–Kier alpha value is -4.65. The number of rotatable bonds is 14. The number of methoxy groups -OCH3 is 2. The lowest BCUT2D eigenvalue weighted by Crippen LogP contribution is -2.52. The average molecular weight is 627 g/mol. The molecule has 0 aliphatic rings. The average Bonchev–Trinajstić information content (AvgIpc) is 3.01. The van der Waals surface area contributed by atoms with Crippen molar-refractivity contribution in [2.45, 2.75) is 57.6 Å². The number of amides is 2. The van der Waals surface area contributed by atoms with Crippen LogP contribution in [-0.4, -0.2) is 62.9 Å². The monoisotopic (exact) mass is 626 g/mol. The third-order valence-corrected chi connectivity index (χ3v) is 9.03. The Bertz CT molecular complexity index is 1590. The number of anilines is 1. The first kappa shape index (κ1) is 33.8. The number of ether oxygens (including phenoxy) is 2. The number of nitro benzene ring substituents is 1. The summed E-state index contributed by atoms with van der Waals surface area (Å²) in [7, 11) is -1.54. The molecule has 3 aromatic rings.